The van der Waals surface area contributed by atoms with Crippen LogP contribution in [0.15, 0.2) is 17.0 Å². The van der Waals surface area contributed by atoms with E-state index in [0.29, 0.717) is 12.1 Å². The van der Waals surface area contributed by atoms with Crippen LogP contribution in [0.2, 0.25) is 0 Å². The highest BCUT2D eigenvalue weighted by Gasteiger charge is 2.36. The molecule has 1 atom stereocenters. The predicted molar refractivity (Wildman–Crippen MR) is 76.8 cm³/mol. The maximum absolute atomic E-state index is 13.4. The normalized spacial score (nSPS) is 13.4. The minimum Gasteiger partial charge on any atom is -0.237 e. The van der Waals surface area contributed by atoms with Crippen molar-refractivity contribution < 1.29 is 21.8 Å². The summed E-state index contributed by atoms with van der Waals surface area (Å²) in [6.07, 6.45) is -4.68. The second-order valence-corrected chi connectivity index (χ2v) is 6.40. The third kappa shape index (κ3) is 6.13. The van der Waals surface area contributed by atoms with Crippen molar-refractivity contribution in [1.29, 1.82) is 0 Å². The van der Waals surface area contributed by atoms with Gasteiger partial charge in [0.25, 0.3) is 0 Å². The summed E-state index contributed by atoms with van der Waals surface area (Å²) in [5.41, 5.74) is -1.87. The summed E-state index contributed by atoms with van der Waals surface area (Å²) < 4.78 is 66.4. The first-order chi connectivity index (χ1) is 9.42. The van der Waals surface area contributed by atoms with E-state index in [-0.39, 0.29) is 5.56 Å². The molecule has 0 amide bonds. The molecule has 0 aromatic heterocycles. The van der Waals surface area contributed by atoms with Gasteiger partial charge in [0.15, 0.2) is 0 Å². The second-order valence-electron chi connectivity index (χ2n) is 5.22. The van der Waals surface area contributed by atoms with Crippen LogP contribution >= 0.6 is 0 Å². The smallest absolute Gasteiger partial charge is 0.237 e. The van der Waals surface area contributed by atoms with Crippen molar-refractivity contribution in [3.63, 3.8) is 0 Å². The summed E-state index contributed by atoms with van der Waals surface area (Å²) in [6, 6.07) is 1.35. The molecule has 0 aliphatic carbocycles. The molecule has 0 saturated heterocycles. The lowest BCUT2D eigenvalue weighted by Crippen LogP contribution is -2.37. The summed E-state index contributed by atoms with van der Waals surface area (Å²) in [4.78, 5) is -0.592. The highest BCUT2D eigenvalue weighted by Crippen LogP contribution is 2.35. The van der Waals surface area contributed by atoms with Gasteiger partial charge in [0.1, 0.15) is 16.8 Å². The summed E-state index contributed by atoms with van der Waals surface area (Å²) in [7, 11) is -2.14. The molecule has 0 saturated carbocycles. The van der Waals surface area contributed by atoms with E-state index >= 15 is 0 Å². The van der Waals surface area contributed by atoms with Crippen molar-refractivity contribution in [1.82, 2.24) is 4.72 Å². The molecule has 0 heterocycles. The van der Waals surface area contributed by atoms with Crippen LogP contribution in [-0.4, -0.2) is 9.75 Å². The minimum atomic E-state index is -4.68. The van der Waals surface area contributed by atoms with Gasteiger partial charge in [-0.15, -0.1) is 0 Å². The van der Waals surface area contributed by atoms with Gasteiger partial charge in [0, 0.05) is 5.54 Å². The average Bonchev–Trinajstić information content (AvgIpc) is 2.31. The zero-order valence-electron chi connectivity index (χ0n) is 13.0. The summed E-state index contributed by atoms with van der Waals surface area (Å²) in [6.45, 7) is 10.2. The van der Waals surface area contributed by atoms with Crippen LogP contribution < -0.4 is 4.72 Å². The van der Waals surface area contributed by atoms with Crippen LogP contribution in [0.1, 0.15) is 45.7 Å². The van der Waals surface area contributed by atoms with Crippen LogP contribution in [0.25, 0.3) is 0 Å². The molecule has 1 rings (SSSR count). The summed E-state index contributed by atoms with van der Waals surface area (Å²) >= 11 is 0. The van der Waals surface area contributed by atoms with Gasteiger partial charge in [0.05, 0.1) is 10.5 Å². The fourth-order valence-electron chi connectivity index (χ4n) is 1.37. The summed E-state index contributed by atoms with van der Waals surface area (Å²) in [5.74, 6) is -0.813. The van der Waals surface area contributed by atoms with Crippen LogP contribution in [0.5, 0.6) is 0 Å². The number of alkyl halides is 3. The Morgan fingerprint density at radius 3 is 1.95 bits per heavy atom. The van der Waals surface area contributed by atoms with Crippen molar-refractivity contribution >= 4 is 11.0 Å². The van der Waals surface area contributed by atoms with Crippen LogP contribution in [-0.2, 0) is 17.2 Å². The van der Waals surface area contributed by atoms with Crippen LogP contribution in [0.3, 0.4) is 0 Å². The number of rotatable bonds is 2. The molecule has 0 spiro atoms. The van der Waals surface area contributed by atoms with Gasteiger partial charge >= 0.3 is 6.18 Å². The quantitative estimate of drug-likeness (QED) is 0.791. The van der Waals surface area contributed by atoms with Gasteiger partial charge in [-0.2, -0.15) is 13.2 Å². The third-order valence-corrected chi connectivity index (χ3v) is 3.70. The monoisotopic (exact) mass is 327 g/mol. The largest absolute Gasteiger partial charge is 0.417 e. The first-order valence-corrected chi connectivity index (χ1v) is 7.64. The lowest BCUT2D eigenvalue weighted by Gasteiger charge is -2.21. The number of hydrogen-bond acceptors (Lipinski definition) is 1. The molecule has 21 heavy (non-hydrogen) atoms. The van der Waals surface area contributed by atoms with Gasteiger partial charge in [-0.25, -0.2) is 13.3 Å². The topological polar surface area (TPSA) is 29.1 Å². The molecule has 1 aromatic carbocycles. The maximum atomic E-state index is 13.4. The van der Waals surface area contributed by atoms with E-state index in [0.717, 1.165) is 0 Å². The van der Waals surface area contributed by atoms with E-state index in [1.54, 1.807) is 20.8 Å². The van der Waals surface area contributed by atoms with Gasteiger partial charge in [-0.3, -0.25) is 0 Å². The van der Waals surface area contributed by atoms with Gasteiger partial charge in [-0.1, -0.05) is 13.8 Å². The molecule has 122 valence electrons. The zero-order chi connectivity index (χ0) is 17.0. The fraction of sp³-hybridized carbons (Fsp3) is 0.571. The van der Waals surface area contributed by atoms with E-state index in [1.807, 2.05) is 13.8 Å². The number of halogens is 4. The highest BCUT2D eigenvalue weighted by molar-refractivity contribution is 7.83. The van der Waals surface area contributed by atoms with Crippen LogP contribution in [0.4, 0.5) is 17.6 Å². The molecule has 0 fully saturated rings. The van der Waals surface area contributed by atoms with Crippen LogP contribution in [0, 0.1) is 12.7 Å². The average molecular weight is 327 g/mol. The number of aryl methyl sites for hydroxylation is 1. The lowest BCUT2D eigenvalue weighted by molar-refractivity contribution is -0.139. The Morgan fingerprint density at radius 2 is 1.57 bits per heavy atom. The van der Waals surface area contributed by atoms with E-state index in [9.17, 15) is 21.8 Å². The number of benzene rings is 1. The standard InChI is InChI=1S/C12H15F4NOS.C2H6/c1-7-5-8(12(14,15)16)10(6-9(7)13)19(18)17-11(2,3)4;1-2/h5-6,17H,1-4H3;1-2H3. The molecule has 1 unspecified atom stereocenters. The Bertz CT molecular complexity index is 507. The number of hydrogen-bond donors (Lipinski definition) is 1. The molecule has 0 radical (unpaired) electrons. The Balaban J connectivity index is 0.00000191. The number of nitrogens with one attached hydrogen (secondary N) is 1. The van der Waals surface area contributed by atoms with E-state index in [4.69, 9.17) is 0 Å². The first kappa shape index (κ1) is 20.1. The van der Waals surface area contributed by atoms with Crippen molar-refractivity contribution in [2.45, 2.75) is 58.2 Å². The van der Waals surface area contributed by atoms with Gasteiger partial charge < -0.3 is 0 Å². The molecule has 0 bridgehead atoms. The molecule has 7 heteroatoms. The molecule has 0 aliphatic rings. The highest BCUT2D eigenvalue weighted by atomic mass is 32.2. The third-order valence-electron chi connectivity index (χ3n) is 2.16. The fourth-order valence-corrected chi connectivity index (χ4v) is 2.62. The predicted octanol–water partition coefficient (Wildman–Crippen LogP) is 4.59. The SMILES string of the molecule is CC.Cc1cc(C(F)(F)F)c(S(=O)NC(C)(C)C)cc1F. The Kier molecular flexibility index (Phi) is 7.02. The first-order valence-electron chi connectivity index (χ1n) is 6.49. The van der Waals surface area contributed by atoms with Gasteiger partial charge in [-0.05, 0) is 45.4 Å². The molecule has 0 aliphatic heterocycles. The maximum Gasteiger partial charge on any atom is 0.417 e. The van der Waals surface area contributed by atoms with Crippen molar-refractivity contribution in [3.05, 3.63) is 29.1 Å². The molecule has 1 N–H and O–H groups in total. The van der Waals surface area contributed by atoms with E-state index in [1.165, 1.54) is 6.92 Å². The van der Waals surface area contributed by atoms with E-state index in [2.05, 4.69) is 4.72 Å². The van der Waals surface area contributed by atoms with Crippen molar-refractivity contribution in [2.75, 3.05) is 0 Å². The molecular formula is C14H21F4NOS. The molecule has 2 nitrogen and oxygen atoms in total. The Morgan fingerprint density at radius 1 is 1.10 bits per heavy atom. The molecular weight excluding hydrogens is 306 g/mol. The van der Waals surface area contributed by atoms with Crippen molar-refractivity contribution in [3.8, 4) is 0 Å². The minimum absolute atomic E-state index is 0.135. The Hall–Kier alpha value is -0.950. The van der Waals surface area contributed by atoms with Crippen molar-refractivity contribution in [2.24, 2.45) is 0 Å². The Labute approximate surface area is 125 Å². The lowest BCUT2D eigenvalue weighted by atomic mass is 10.1. The van der Waals surface area contributed by atoms with E-state index < -0.39 is 39.0 Å². The van der Waals surface area contributed by atoms with Gasteiger partial charge in [0.2, 0.25) is 0 Å². The molecule has 1 aromatic rings. The summed E-state index contributed by atoms with van der Waals surface area (Å²) in [5, 5.41) is 0. The second kappa shape index (κ2) is 7.35. The zero-order valence-corrected chi connectivity index (χ0v) is 13.8.